The van der Waals surface area contributed by atoms with Crippen molar-refractivity contribution in [3.63, 3.8) is 0 Å². The van der Waals surface area contributed by atoms with Gasteiger partial charge in [0, 0.05) is 13.2 Å². The van der Waals surface area contributed by atoms with E-state index in [4.69, 9.17) is 0 Å². The van der Waals surface area contributed by atoms with E-state index in [1.807, 2.05) is 0 Å². The van der Waals surface area contributed by atoms with Gasteiger partial charge in [-0.05, 0) is 18.1 Å². The maximum Gasteiger partial charge on any atom is 0.457 e. The fourth-order valence-electron chi connectivity index (χ4n) is 2.45. The van der Waals surface area contributed by atoms with Gasteiger partial charge in [-0.2, -0.15) is 35.1 Å². The van der Waals surface area contributed by atoms with Crippen molar-refractivity contribution in [1.29, 1.82) is 0 Å². The first kappa shape index (κ1) is 23.9. The molecule has 0 aromatic heterocycles. The lowest BCUT2D eigenvalue weighted by Gasteiger charge is -2.32. The summed E-state index contributed by atoms with van der Waals surface area (Å²) < 4.78 is 146. The van der Waals surface area contributed by atoms with Crippen LogP contribution in [0.5, 0.6) is 0 Å². The maximum atomic E-state index is 14.2. The van der Waals surface area contributed by atoms with Crippen molar-refractivity contribution in [1.82, 2.24) is 0 Å². The zero-order valence-electron chi connectivity index (χ0n) is 13.9. The van der Waals surface area contributed by atoms with Crippen LogP contribution >= 0.6 is 7.92 Å². The van der Waals surface area contributed by atoms with Crippen LogP contribution in [0.3, 0.4) is 0 Å². The van der Waals surface area contributed by atoms with E-state index in [1.165, 1.54) is 6.92 Å². The van der Waals surface area contributed by atoms with E-state index in [1.54, 1.807) is 6.92 Å². The van der Waals surface area contributed by atoms with Crippen molar-refractivity contribution in [2.45, 2.75) is 44.7 Å². The zero-order valence-corrected chi connectivity index (χ0v) is 14.8. The molecule has 2 unspecified atom stereocenters. The van der Waals surface area contributed by atoms with Crippen molar-refractivity contribution < 1.29 is 48.3 Å². The first-order valence-electron chi connectivity index (χ1n) is 7.52. The molecule has 1 aromatic carbocycles. The Labute approximate surface area is 148 Å². The van der Waals surface area contributed by atoms with Gasteiger partial charge in [0.15, 0.2) is 11.6 Å². The van der Waals surface area contributed by atoms with Gasteiger partial charge >= 0.3 is 18.0 Å². The van der Waals surface area contributed by atoms with E-state index < -0.39 is 66.3 Å². The van der Waals surface area contributed by atoms with Crippen molar-refractivity contribution in [2.24, 2.45) is 5.92 Å². The molecule has 0 spiro atoms. The molecule has 0 saturated heterocycles. The molecule has 0 saturated carbocycles. The molecule has 0 aliphatic carbocycles. The Bertz CT molecular complexity index is 663. The molecular formula is C15H14F11P. The standard InChI is InChI=1S/C15H14F11P/c1-3-4-7(2)6-27(15(25,26)14(22,23)24)9-5-8(16)11(17)10(12(9)18)13(19,20)21/h5,7H,3-4,6H2,1-2H3. The molecule has 156 valence electrons. The quantitative estimate of drug-likeness (QED) is 0.262. The average molecular weight is 434 g/mol. The molecule has 0 amide bonds. The first-order valence-corrected chi connectivity index (χ1v) is 9.05. The number of rotatable bonds is 6. The van der Waals surface area contributed by atoms with Crippen LogP contribution in [0.1, 0.15) is 32.3 Å². The average Bonchev–Trinajstić information content (AvgIpc) is 2.46. The molecule has 0 nitrogen and oxygen atoms in total. The third-order valence-corrected chi connectivity index (χ3v) is 6.49. The topological polar surface area (TPSA) is 0 Å². The van der Waals surface area contributed by atoms with Crippen molar-refractivity contribution >= 4 is 13.2 Å². The van der Waals surface area contributed by atoms with Crippen LogP contribution in [-0.2, 0) is 6.18 Å². The lowest BCUT2D eigenvalue weighted by atomic mass is 10.1. The Balaban J connectivity index is 3.71. The minimum absolute atomic E-state index is 0.129. The highest BCUT2D eigenvalue weighted by molar-refractivity contribution is 7.66. The summed E-state index contributed by atoms with van der Waals surface area (Å²) in [6, 6.07) is -0.343. The molecule has 0 fully saturated rings. The van der Waals surface area contributed by atoms with Crippen LogP contribution < -0.4 is 5.30 Å². The SMILES string of the molecule is CCCC(C)CP(c1cc(F)c(F)c(C(F)(F)F)c1F)C(F)(F)C(F)(F)F. The molecule has 12 heteroatoms. The normalized spacial score (nSPS) is 15.7. The van der Waals surface area contributed by atoms with Crippen molar-refractivity contribution in [3.05, 3.63) is 29.1 Å². The summed E-state index contributed by atoms with van der Waals surface area (Å²) in [5.74, 6) is -8.56. The molecule has 0 aliphatic rings. The summed E-state index contributed by atoms with van der Waals surface area (Å²) in [4.78, 5) is 0. The van der Waals surface area contributed by atoms with E-state index >= 15 is 0 Å². The van der Waals surface area contributed by atoms with E-state index in [2.05, 4.69) is 0 Å². The molecule has 0 N–H and O–H groups in total. The molecule has 1 aromatic rings. The summed E-state index contributed by atoms with van der Waals surface area (Å²) in [6.45, 7) is 2.84. The molecule has 2 atom stereocenters. The number of alkyl halides is 8. The van der Waals surface area contributed by atoms with Gasteiger partial charge in [-0.3, -0.25) is 0 Å². The molecule has 0 bridgehead atoms. The zero-order chi connectivity index (χ0) is 21.4. The van der Waals surface area contributed by atoms with E-state index in [0.717, 1.165) is 0 Å². The summed E-state index contributed by atoms with van der Waals surface area (Å²) in [5.41, 5.74) is -8.43. The first-order chi connectivity index (χ1) is 12.1. The van der Waals surface area contributed by atoms with Crippen molar-refractivity contribution in [2.75, 3.05) is 6.16 Å². The second-order valence-electron chi connectivity index (χ2n) is 5.92. The van der Waals surface area contributed by atoms with E-state index in [0.29, 0.717) is 6.42 Å². The van der Waals surface area contributed by atoms with Crippen LogP contribution in [0, 0.1) is 23.4 Å². The molecule has 0 radical (unpaired) electrons. The minimum Gasteiger partial charge on any atom is -0.206 e. The van der Waals surface area contributed by atoms with Gasteiger partial charge in [0.05, 0.1) is 0 Å². The van der Waals surface area contributed by atoms with E-state index in [9.17, 15) is 48.3 Å². The smallest absolute Gasteiger partial charge is 0.206 e. The number of halogens is 11. The summed E-state index contributed by atoms with van der Waals surface area (Å²) >= 11 is 0. The van der Waals surface area contributed by atoms with Gasteiger partial charge in [-0.15, -0.1) is 0 Å². The van der Waals surface area contributed by atoms with Crippen molar-refractivity contribution in [3.8, 4) is 0 Å². The van der Waals surface area contributed by atoms with Gasteiger partial charge < -0.3 is 0 Å². The second kappa shape index (κ2) is 8.09. The Kier molecular flexibility index (Phi) is 7.17. The molecule has 0 heterocycles. The predicted molar refractivity (Wildman–Crippen MR) is 77.8 cm³/mol. The molecule has 1 rings (SSSR count). The second-order valence-corrected chi connectivity index (χ2v) is 8.19. The van der Waals surface area contributed by atoms with Crippen LogP contribution in [0.4, 0.5) is 48.3 Å². The number of benzene rings is 1. The lowest BCUT2D eigenvalue weighted by Crippen LogP contribution is -2.40. The Morgan fingerprint density at radius 3 is 1.85 bits per heavy atom. The van der Waals surface area contributed by atoms with Crippen LogP contribution in [0.25, 0.3) is 0 Å². The summed E-state index contributed by atoms with van der Waals surface area (Å²) in [6.07, 6.45) is -12.6. The van der Waals surface area contributed by atoms with Crippen LogP contribution in [-0.4, -0.2) is 18.0 Å². The minimum atomic E-state index is -6.21. The summed E-state index contributed by atoms with van der Waals surface area (Å²) in [7, 11) is -3.99. The van der Waals surface area contributed by atoms with Gasteiger partial charge in [0.25, 0.3) is 0 Å². The van der Waals surface area contributed by atoms with Crippen LogP contribution in [0.15, 0.2) is 6.07 Å². The lowest BCUT2D eigenvalue weighted by molar-refractivity contribution is -0.240. The molecule has 27 heavy (non-hydrogen) atoms. The van der Waals surface area contributed by atoms with E-state index in [-0.39, 0.29) is 12.5 Å². The Hall–Kier alpha value is -1.12. The number of hydrogen-bond donors (Lipinski definition) is 0. The number of hydrogen-bond acceptors (Lipinski definition) is 0. The van der Waals surface area contributed by atoms with Crippen LogP contribution in [0.2, 0.25) is 0 Å². The highest BCUT2D eigenvalue weighted by atomic mass is 31.1. The fourth-order valence-corrected chi connectivity index (χ4v) is 4.91. The van der Waals surface area contributed by atoms with Gasteiger partial charge in [0.2, 0.25) is 0 Å². The predicted octanol–water partition coefficient (Wildman–Crippen LogP) is 6.82. The van der Waals surface area contributed by atoms with Gasteiger partial charge in [-0.25, -0.2) is 13.2 Å². The fraction of sp³-hybridized carbons (Fsp3) is 0.600. The van der Waals surface area contributed by atoms with Gasteiger partial charge in [0.1, 0.15) is 11.4 Å². The maximum absolute atomic E-state index is 14.2. The van der Waals surface area contributed by atoms with Gasteiger partial charge in [-0.1, -0.05) is 26.7 Å². The Morgan fingerprint density at radius 1 is 0.926 bits per heavy atom. The highest BCUT2D eigenvalue weighted by Crippen LogP contribution is 2.60. The molecular weight excluding hydrogens is 420 g/mol. The Morgan fingerprint density at radius 2 is 1.44 bits per heavy atom. The summed E-state index contributed by atoms with van der Waals surface area (Å²) in [5, 5.41) is -1.80. The third-order valence-electron chi connectivity index (χ3n) is 3.67. The third kappa shape index (κ3) is 5.03. The monoisotopic (exact) mass is 434 g/mol. The largest absolute Gasteiger partial charge is 0.457 e. The highest BCUT2D eigenvalue weighted by Gasteiger charge is 2.63. The molecule has 0 aliphatic heterocycles.